The van der Waals surface area contributed by atoms with E-state index in [-0.39, 0.29) is 23.0 Å². The monoisotopic (exact) mass is 469 g/mol. The number of nitrogens with one attached hydrogen (secondary N) is 1. The number of pyridine rings is 1. The Morgan fingerprint density at radius 2 is 1.91 bits per heavy atom. The minimum Gasteiger partial charge on any atom is -0.491 e. The normalized spacial score (nSPS) is 15.2. The topological polar surface area (TPSA) is 54.5 Å². The molecule has 0 aliphatic carbocycles. The fourth-order valence-corrected chi connectivity index (χ4v) is 3.94. The third kappa shape index (κ3) is 6.51. The molecule has 2 heterocycles. The van der Waals surface area contributed by atoms with Gasteiger partial charge in [-0.1, -0.05) is 23.7 Å². The van der Waals surface area contributed by atoms with Crippen LogP contribution in [0, 0.1) is 5.92 Å². The third-order valence-corrected chi connectivity index (χ3v) is 5.60. The summed E-state index contributed by atoms with van der Waals surface area (Å²) in [4.78, 5) is 18.2. The molecule has 1 aromatic carbocycles. The van der Waals surface area contributed by atoms with Gasteiger partial charge in [0.1, 0.15) is 11.6 Å². The van der Waals surface area contributed by atoms with E-state index in [1.165, 1.54) is 0 Å². The number of hydrogen-bond donors (Lipinski definition) is 1. The van der Waals surface area contributed by atoms with Crippen molar-refractivity contribution in [3.05, 3.63) is 52.7 Å². The lowest BCUT2D eigenvalue weighted by molar-refractivity contribution is -0.137. The maximum Gasteiger partial charge on any atom is 0.417 e. The molecule has 1 aliphatic rings. The van der Waals surface area contributed by atoms with Crippen molar-refractivity contribution in [2.75, 3.05) is 24.5 Å². The van der Waals surface area contributed by atoms with Gasteiger partial charge >= 0.3 is 6.18 Å². The van der Waals surface area contributed by atoms with Gasteiger partial charge in [-0.15, -0.1) is 0 Å². The Hall–Kier alpha value is -2.48. The standard InChI is InChI=1S/C23H27ClF3N3O2/c1-15(2)32-19-5-3-16(4-6-19)7-10-28-22(31)17-8-11-30(12-9-17)21-20(24)13-18(14-29-21)23(25,26)27/h3-6,13-15,17H,7-12H2,1-2H3,(H,28,31). The molecule has 0 radical (unpaired) electrons. The summed E-state index contributed by atoms with van der Waals surface area (Å²) >= 11 is 6.04. The molecular weight excluding hydrogens is 443 g/mol. The highest BCUT2D eigenvalue weighted by molar-refractivity contribution is 6.33. The van der Waals surface area contributed by atoms with Crippen molar-refractivity contribution < 1.29 is 22.7 Å². The molecule has 1 aromatic heterocycles. The summed E-state index contributed by atoms with van der Waals surface area (Å²) in [5.74, 6) is 1.00. The Labute approximate surface area is 190 Å². The smallest absolute Gasteiger partial charge is 0.417 e. The van der Waals surface area contributed by atoms with Gasteiger partial charge in [-0.2, -0.15) is 13.2 Å². The Morgan fingerprint density at radius 1 is 1.25 bits per heavy atom. The van der Waals surface area contributed by atoms with Gasteiger partial charge in [0.05, 0.1) is 16.7 Å². The lowest BCUT2D eigenvalue weighted by atomic mass is 9.95. The second-order valence-electron chi connectivity index (χ2n) is 8.14. The van der Waals surface area contributed by atoms with E-state index in [1.807, 2.05) is 43.0 Å². The van der Waals surface area contributed by atoms with Gasteiger partial charge in [0, 0.05) is 31.7 Å². The summed E-state index contributed by atoms with van der Waals surface area (Å²) in [6.07, 6.45) is -1.67. The van der Waals surface area contributed by atoms with Crippen molar-refractivity contribution in [1.82, 2.24) is 10.3 Å². The van der Waals surface area contributed by atoms with E-state index in [0.29, 0.717) is 38.3 Å². The van der Waals surface area contributed by atoms with Crippen LogP contribution in [0.3, 0.4) is 0 Å². The van der Waals surface area contributed by atoms with E-state index >= 15 is 0 Å². The number of rotatable bonds is 7. The average molecular weight is 470 g/mol. The Bertz CT molecular complexity index is 912. The van der Waals surface area contributed by atoms with Crippen molar-refractivity contribution in [1.29, 1.82) is 0 Å². The zero-order valence-corrected chi connectivity index (χ0v) is 18.8. The molecule has 1 N–H and O–H groups in total. The second kappa shape index (κ2) is 10.4. The van der Waals surface area contributed by atoms with Gasteiger partial charge < -0.3 is 15.0 Å². The highest BCUT2D eigenvalue weighted by Crippen LogP contribution is 2.34. The van der Waals surface area contributed by atoms with Crippen LogP contribution < -0.4 is 15.0 Å². The number of halogens is 4. The molecule has 174 valence electrons. The molecule has 0 spiro atoms. The number of amides is 1. The van der Waals surface area contributed by atoms with E-state index in [1.54, 1.807) is 0 Å². The number of nitrogens with zero attached hydrogens (tertiary/aromatic N) is 2. The molecule has 0 unspecified atom stereocenters. The summed E-state index contributed by atoms with van der Waals surface area (Å²) in [6.45, 7) is 5.50. The Morgan fingerprint density at radius 3 is 2.47 bits per heavy atom. The van der Waals surface area contributed by atoms with Crippen LogP contribution in [0.4, 0.5) is 19.0 Å². The third-order valence-electron chi connectivity index (χ3n) is 5.32. The van der Waals surface area contributed by atoms with E-state index in [2.05, 4.69) is 10.3 Å². The molecule has 0 saturated carbocycles. The van der Waals surface area contributed by atoms with Gasteiger partial charge in [0.15, 0.2) is 0 Å². The fraction of sp³-hybridized carbons (Fsp3) is 0.478. The Balaban J connectivity index is 1.44. The van der Waals surface area contributed by atoms with Gasteiger partial charge in [-0.3, -0.25) is 4.79 Å². The molecule has 1 saturated heterocycles. The van der Waals surface area contributed by atoms with Crippen LogP contribution >= 0.6 is 11.6 Å². The van der Waals surface area contributed by atoms with Crippen LogP contribution in [0.25, 0.3) is 0 Å². The number of hydrogen-bond acceptors (Lipinski definition) is 4. The van der Waals surface area contributed by atoms with Gasteiger partial charge in [0.2, 0.25) is 5.91 Å². The van der Waals surface area contributed by atoms with Gasteiger partial charge in [-0.25, -0.2) is 4.98 Å². The average Bonchev–Trinajstić information content (AvgIpc) is 2.74. The Kier molecular flexibility index (Phi) is 7.87. The summed E-state index contributed by atoms with van der Waals surface area (Å²) < 4.78 is 44.0. The van der Waals surface area contributed by atoms with Crippen LogP contribution in [0.2, 0.25) is 5.02 Å². The number of aromatic nitrogens is 1. The molecule has 0 atom stereocenters. The first-order valence-corrected chi connectivity index (χ1v) is 11.0. The van der Waals surface area contributed by atoms with Crippen LogP contribution in [0.5, 0.6) is 5.75 Å². The highest BCUT2D eigenvalue weighted by Gasteiger charge is 2.33. The molecule has 0 bridgehead atoms. The number of alkyl halides is 3. The first-order chi connectivity index (χ1) is 15.1. The zero-order valence-electron chi connectivity index (χ0n) is 18.1. The molecule has 3 rings (SSSR count). The molecule has 2 aromatic rings. The molecule has 1 aliphatic heterocycles. The predicted octanol–water partition coefficient (Wildman–Crippen LogP) is 5.12. The lowest BCUT2D eigenvalue weighted by Crippen LogP contribution is -2.41. The van der Waals surface area contributed by atoms with E-state index in [4.69, 9.17) is 16.3 Å². The van der Waals surface area contributed by atoms with Gasteiger partial charge in [0.25, 0.3) is 0 Å². The molecule has 1 fully saturated rings. The van der Waals surface area contributed by atoms with Crippen molar-refractivity contribution >= 4 is 23.3 Å². The molecule has 32 heavy (non-hydrogen) atoms. The summed E-state index contributed by atoms with van der Waals surface area (Å²) in [7, 11) is 0. The molecule has 9 heteroatoms. The summed E-state index contributed by atoms with van der Waals surface area (Å²) in [5.41, 5.74) is 0.238. The molecule has 5 nitrogen and oxygen atoms in total. The van der Waals surface area contributed by atoms with Crippen LogP contribution in [0.15, 0.2) is 36.5 Å². The number of carbonyl (C=O) groups excluding carboxylic acids is 1. The number of benzene rings is 1. The van der Waals surface area contributed by atoms with Crippen molar-refractivity contribution in [2.45, 2.75) is 45.4 Å². The minimum absolute atomic E-state index is 0.00381. The van der Waals surface area contributed by atoms with Crippen LogP contribution in [-0.2, 0) is 17.4 Å². The van der Waals surface area contributed by atoms with Crippen LogP contribution in [0.1, 0.15) is 37.8 Å². The van der Waals surface area contributed by atoms with E-state index in [0.717, 1.165) is 30.0 Å². The molecular formula is C23H27ClF3N3O2. The van der Waals surface area contributed by atoms with E-state index in [9.17, 15) is 18.0 Å². The highest BCUT2D eigenvalue weighted by atomic mass is 35.5. The lowest BCUT2D eigenvalue weighted by Gasteiger charge is -2.32. The van der Waals surface area contributed by atoms with Crippen molar-refractivity contribution in [3.63, 3.8) is 0 Å². The van der Waals surface area contributed by atoms with Crippen molar-refractivity contribution in [3.8, 4) is 5.75 Å². The number of anilines is 1. The SMILES string of the molecule is CC(C)Oc1ccc(CCNC(=O)C2CCN(c3ncc(C(F)(F)F)cc3Cl)CC2)cc1. The first-order valence-electron chi connectivity index (χ1n) is 10.6. The van der Waals surface area contributed by atoms with E-state index < -0.39 is 11.7 Å². The maximum absolute atomic E-state index is 12.8. The first kappa shape index (κ1) is 24.2. The predicted molar refractivity (Wildman–Crippen MR) is 118 cm³/mol. The summed E-state index contributed by atoms with van der Waals surface area (Å²) in [6, 6.07) is 8.72. The molecule has 1 amide bonds. The second-order valence-corrected chi connectivity index (χ2v) is 8.55. The number of ether oxygens (including phenoxy) is 1. The van der Waals surface area contributed by atoms with Gasteiger partial charge in [-0.05, 0) is 56.9 Å². The maximum atomic E-state index is 12.8. The quantitative estimate of drug-likeness (QED) is 0.611. The number of carbonyl (C=O) groups is 1. The fourth-order valence-electron chi connectivity index (χ4n) is 3.65. The van der Waals surface area contributed by atoms with Crippen molar-refractivity contribution in [2.24, 2.45) is 5.92 Å². The van der Waals surface area contributed by atoms with Crippen LogP contribution in [-0.4, -0.2) is 36.6 Å². The number of piperidine rings is 1. The minimum atomic E-state index is -4.48. The largest absolute Gasteiger partial charge is 0.491 e. The zero-order chi connectivity index (χ0) is 23.3. The summed E-state index contributed by atoms with van der Waals surface area (Å²) in [5, 5.41) is 2.95.